The van der Waals surface area contributed by atoms with Crippen LogP contribution in [0.15, 0.2) is 57.9 Å². The third-order valence-corrected chi connectivity index (χ3v) is 4.12. The number of amides is 1. The maximum absolute atomic E-state index is 11.9. The number of rotatable bonds is 5. The van der Waals surface area contributed by atoms with Gasteiger partial charge in [0.2, 0.25) is 0 Å². The highest BCUT2D eigenvalue weighted by Crippen LogP contribution is 2.24. The average Bonchev–Trinajstić information content (AvgIpc) is 2.54. The van der Waals surface area contributed by atoms with Crippen molar-refractivity contribution in [2.24, 2.45) is 0 Å². The van der Waals surface area contributed by atoms with Crippen molar-refractivity contribution in [3.8, 4) is 0 Å². The molecule has 1 amide bonds. The molecule has 2 rings (SSSR count). The molecule has 2 aromatic rings. The topological polar surface area (TPSA) is 55.4 Å². The van der Waals surface area contributed by atoms with E-state index in [1.165, 1.54) is 11.8 Å². The normalized spacial score (nSPS) is 10.1. The zero-order valence-electron chi connectivity index (χ0n) is 11.8. The summed E-state index contributed by atoms with van der Waals surface area (Å²) in [5.74, 6) is -0.896. The summed E-state index contributed by atoms with van der Waals surface area (Å²) in [5, 5.41) is 2.73. The molecular formula is C16H14BrNO3S. The molecule has 0 saturated heterocycles. The van der Waals surface area contributed by atoms with Crippen molar-refractivity contribution in [2.45, 2.75) is 4.90 Å². The number of benzene rings is 2. The largest absolute Gasteiger partial charge is 0.452 e. The predicted molar refractivity (Wildman–Crippen MR) is 91.3 cm³/mol. The Morgan fingerprint density at radius 3 is 2.50 bits per heavy atom. The maximum Gasteiger partial charge on any atom is 0.338 e. The van der Waals surface area contributed by atoms with Gasteiger partial charge in [-0.05, 0) is 42.7 Å². The minimum Gasteiger partial charge on any atom is -0.452 e. The van der Waals surface area contributed by atoms with Crippen molar-refractivity contribution in [2.75, 3.05) is 18.2 Å². The number of carbonyl (C=O) groups excluding carboxylic acids is 2. The maximum atomic E-state index is 11.9. The summed E-state index contributed by atoms with van der Waals surface area (Å²) in [5.41, 5.74) is 1.11. The van der Waals surface area contributed by atoms with Gasteiger partial charge in [0.15, 0.2) is 6.61 Å². The molecule has 2 aromatic carbocycles. The molecule has 0 bridgehead atoms. The van der Waals surface area contributed by atoms with E-state index >= 15 is 0 Å². The second-order valence-corrected chi connectivity index (χ2v) is 6.10. The second kappa shape index (κ2) is 8.00. The van der Waals surface area contributed by atoms with E-state index in [1.54, 1.807) is 30.3 Å². The van der Waals surface area contributed by atoms with Crippen LogP contribution in [0.4, 0.5) is 5.69 Å². The molecule has 0 atom stereocenters. The lowest BCUT2D eigenvalue weighted by Gasteiger charge is -2.09. The highest BCUT2D eigenvalue weighted by Gasteiger charge is 2.11. The Kier molecular flexibility index (Phi) is 6.03. The van der Waals surface area contributed by atoms with Gasteiger partial charge >= 0.3 is 5.97 Å². The van der Waals surface area contributed by atoms with E-state index in [0.29, 0.717) is 11.3 Å². The predicted octanol–water partition coefficient (Wildman–Crippen LogP) is 3.97. The van der Waals surface area contributed by atoms with Crippen molar-refractivity contribution in [3.63, 3.8) is 0 Å². The number of anilines is 1. The van der Waals surface area contributed by atoms with Crippen LogP contribution in [0.2, 0.25) is 0 Å². The first kappa shape index (κ1) is 16.6. The Morgan fingerprint density at radius 1 is 1.14 bits per heavy atom. The van der Waals surface area contributed by atoms with Gasteiger partial charge < -0.3 is 10.1 Å². The number of hydrogen-bond acceptors (Lipinski definition) is 4. The number of thioether (sulfide) groups is 1. The van der Waals surface area contributed by atoms with Crippen molar-refractivity contribution in [1.29, 1.82) is 0 Å². The molecule has 0 fully saturated rings. The smallest absolute Gasteiger partial charge is 0.338 e. The van der Waals surface area contributed by atoms with Gasteiger partial charge in [0.25, 0.3) is 5.91 Å². The summed E-state index contributed by atoms with van der Waals surface area (Å²) >= 11 is 4.82. The zero-order valence-corrected chi connectivity index (χ0v) is 14.2. The molecule has 0 aliphatic heterocycles. The van der Waals surface area contributed by atoms with Gasteiger partial charge in [-0.15, -0.1) is 11.8 Å². The van der Waals surface area contributed by atoms with Crippen LogP contribution in [0.1, 0.15) is 10.4 Å². The third kappa shape index (κ3) is 4.61. The molecule has 1 N–H and O–H groups in total. The van der Waals surface area contributed by atoms with Crippen LogP contribution in [-0.4, -0.2) is 24.7 Å². The fraction of sp³-hybridized carbons (Fsp3) is 0.125. The van der Waals surface area contributed by atoms with E-state index in [0.717, 1.165) is 9.37 Å². The van der Waals surface area contributed by atoms with Gasteiger partial charge in [-0.3, -0.25) is 4.79 Å². The molecule has 22 heavy (non-hydrogen) atoms. The van der Waals surface area contributed by atoms with Crippen molar-refractivity contribution >= 4 is 45.3 Å². The molecule has 0 radical (unpaired) electrons. The number of nitrogens with one attached hydrogen (secondary N) is 1. The molecule has 6 heteroatoms. The quantitative estimate of drug-likeness (QED) is 0.630. The van der Waals surface area contributed by atoms with E-state index < -0.39 is 5.97 Å². The van der Waals surface area contributed by atoms with Crippen LogP contribution in [0, 0.1) is 0 Å². The van der Waals surface area contributed by atoms with Gasteiger partial charge in [-0.25, -0.2) is 4.79 Å². The van der Waals surface area contributed by atoms with Crippen LogP contribution < -0.4 is 5.32 Å². The van der Waals surface area contributed by atoms with Crippen LogP contribution in [0.25, 0.3) is 0 Å². The molecule has 0 aromatic heterocycles. The molecule has 0 unspecified atom stereocenters. The molecule has 4 nitrogen and oxygen atoms in total. The molecule has 114 valence electrons. The third-order valence-electron chi connectivity index (χ3n) is 2.80. The van der Waals surface area contributed by atoms with Gasteiger partial charge in [0.05, 0.1) is 11.3 Å². The second-order valence-electron chi connectivity index (χ2n) is 4.33. The molecular weight excluding hydrogens is 366 g/mol. The molecule has 0 spiro atoms. The van der Waals surface area contributed by atoms with E-state index in [9.17, 15) is 9.59 Å². The fourth-order valence-electron chi connectivity index (χ4n) is 1.73. The lowest BCUT2D eigenvalue weighted by molar-refractivity contribution is -0.119. The number of carbonyl (C=O) groups is 2. The van der Waals surface area contributed by atoms with Crippen LogP contribution in [-0.2, 0) is 9.53 Å². The Bertz CT molecular complexity index is 673. The highest BCUT2D eigenvalue weighted by molar-refractivity contribution is 9.10. The van der Waals surface area contributed by atoms with Crippen molar-refractivity contribution in [1.82, 2.24) is 0 Å². The first-order valence-electron chi connectivity index (χ1n) is 6.45. The standard InChI is InChI=1S/C16H14BrNO3S/c1-22-14-5-3-2-4-13(14)18-15(19)10-21-16(20)11-6-8-12(17)9-7-11/h2-9H,10H2,1H3,(H,18,19). The summed E-state index contributed by atoms with van der Waals surface area (Å²) in [6.07, 6.45) is 1.93. The minimum absolute atomic E-state index is 0.322. The van der Waals surface area contributed by atoms with Gasteiger partial charge in [0, 0.05) is 9.37 Å². The molecule has 0 aliphatic carbocycles. The zero-order chi connectivity index (χ0) is 15.9. The van der Waals surface area contributed by atoms with E-state index in [4.69, 9.17) is 4.74 Å². The van der Waals surface area contributed by atoms with E-state index in [-0.39, 0.29) is 12.5 Å². The number of hydrogen-bond donors (Lipinski definition) is 1. The van der Waals surface area contributed by atoms with Crippen LogP contribution >= 0.6 is 27.7 Å². The highest BCUT2D eigenvalue weighted by atomic mass is 79.9. The average molecular weight is 380 g/mol. The lowest BCUT2D eigenvalue weighted by Crippen LogP contribution is -2.21. The minimum atomic E-state index is -0.527. The first-order chi connectivity index (χ1) is 10.6. The number of ether oxygens (including phenoxy) is 1. The monoisotopic (exact) mass is 379 g/mol. The Hall–Kier alpha value is -1.79. The van der Waals surface area contributed by atoms with Crippen molar-refractivity contribution in [3.05, 3.63) is 58.6 Å². The van der Waals surface area contributed by atoms with Crippen LogP contribution in [0.3, 0.4) is 0 Å². The number of halogens is 1. The fourth-order valence-corrected chi connectivity index (χ4v) is 2.55. The van der Waals surface area contributed by atoms with Gasteiger partial charge in [0.1, 0.15) is 0 Å². The SMILES string of the molecule is CSc1ccccc1NC(=O)COC(=O)c1ccc(Br)cc1. The summed E-state index contributed by atoms with van der Waals surface area (Å²) in [7, 11) is 0. The summed E-state index contributed by atoms with van der Waals surface area (Å²) < 4.78 is 5.87. The van der Waals surface area contributed by atoms with Gasteiger partial charge in [-0.2, -0.15) is 0 Å². The summed E-state index contributed by atoms with van der Waals surface area (Å²) in [6, 6.07) is 14.2. The van der Waals surface area contributed by atoms with Gasteiger partial charge in [-0.1, -0.05) is 28.1 Å². The number of esters is 1. The van der Waals surface area contributed by atoms with E-state index in [2.05, 4.69) is 21.2 Å². The lowest BCUT2D eigenvalue weighted by atomic mass is 10.2. The Labute approximate surface area is 141 Å². The molecule has 0 aliphatic rings. The first-order valence-corrected chi connectivity index (χ1v) is 8.47. The Balaban J connectivity index is 1.90. The molecule has 0 saturated carbocycles. The molecule has 0 heterocycles. The van der Waals surface area contributed by atoms with Crippen LogP contribution in [0.5, 0.6) is 0 Å². The Morgan fingerprint density at radius 2 is 1.82 bits per heavy atom. The van der Waals surface area contributed by atoms with Crippen molar-refractivity contribution < 1.29 is 14.3 Å². The van der Waals surface area contributed by atoms with E-state index in [1.807, 2.05) is 24.5 Å². The number of para-hydroxylation sites is 1. The summed E-state index contributed by atoms with van der Waals surface area (Å²) in [4.78, 5) is 24.6. The summed E-state index contributed by atoms with van der Waals surface area (Å²) in [6.45, 7) is -0.322.